The first-order chi connectivity index (χ1) is 9.06. The molecule has 1 N–H and O–H groups in total. The van der Waals surface area contributed by atoms with Crippen molar-refractivity contribution >= 4 is 35.1 Å². The number of thioether (sulfide) groups is 2. The Morgan fingerprint density at radius 3 is 2.37 bits per heavy atom. The van der Waals surface area contributed by atoms with E-state index >= 15 is 0 Å². The Morgan fingerprint density at radius 1 is 1.21 bits per heavy atom. The fourth-order valence-corrected chi connectivity index (χ4v) is 3.12. The molecule has 0 rings (SSSR count). The van der Waals surface area contributed by atoms with E-state index < -0.39 is 0 Å². The number of ketones is 2. The number of rotatable bonds is 12. The molecule has 112 valence electrons. The van der Waals surface area contributed by atoms with E-state index in [9.17, 15) is 9.59 Å². The number of nitrogens with one attached hydrogen (secondary N) is 1. The van der Waals surface area contributed by atoms with Gasteiger partial charge in [-0.2, -0.15) is 23.5 Å². The van der Waals surface area contributed by atoms with Crippen molar-refractivity contribution in [3.63, 3.8) is 0 Å². The van der Waals surface area contributed by atoms with Crippen molar-refractivity contribution < 1.29 is 9.59 Å². The van der Waals surface area contributed by atoms with Crippen LogP contribution >= 0.6 is 23.5 Å². The zero-order chi connectivity index (χ0) is 14.7. The minimum absolute atomic E-state index is 0.100. The predicted molar refractivity (Wildman–Crippen MR) is 87.3 cm³/mol. The molecular formula is C14H27NO2S2. The second-order valence-electron chi connectivity index (χ2n) is 4.59. The first-order valence-electron chi connectivity index (χ1n) is 6.83. The highest BCUT2D eigenvalue weighted by Crippen LogP contribution is 2.17. The van der Waals surface area contributed by atoms with Gasteiger partial charge in [0.15, 0.2) is 0 Å². The third-order valence-corrected chi connectivity index (χ3v) is 4.76. The van der Waals surface area contributed by atoms with Gasteiger partial charge in [0.2, 0.25) is 0 Å². The monoisotopic (exact) mass is 305 g/mol. The highest BCUT2D eigenvalue weighted by atomic mass is 32.2. The average Bonchev–Trinajstić information content (AvgIpc) is 2.38. The molecule has 5 heteroatoms. The average molecular weight is 306 g/mol. The lowest BCUT2D eigenvalue weighted by Gasteiger charge is -2.18. The Bertz CT molecular complexity index is 272. The van der Waals surface area contributed by atoms with Crippen LogP contribution in [-0.2, 0) is 9.59 Å². The van der Waals surface area contributed by atoms with Gasteiger partial charge in [-0.15, -0.1) is 0 Å². The van der Waals surface area contributed by atoms with Crippen molar-refractivity contribution in [3.8, 4) is 0 Å². The molecule has 3 nitrogen and oxygen atoms in total. The summed E-state index contributed by atoms with van der Waals surface area (Å²) in [6.45, 7) is 3.71. The molecular weight excluding hydrogens is 278 g/mol. The van der Waals surface area contributed by atoms with E-state index in [1.54, 1.807) is 18.7 Å². The number of Topliss-reactive ketones (excluding diaryl/α,β-unsaturated/α-hetero) is 2. The zero-order valence-corrected chi connectivity index (χ0v) is 14.2. The molecule has 0 aromatic rings. The lowest BCUT2D eigenvalue weighted by atomic mass is 9.92. The summed E-state index contributed by atoms with van der Waals surface area (Å²) in [5.74, 6) is 3.21. The number of hydrogen-bond acceptors (Lipinski definition) is 5. The van der Waals surface area contributed by atoms with Gasteiger partial charge in [-0.1, -0.05) is 6.92 Å². The van der Waals surface area contributed by atoms with Crippen molar-refractivity contribution in [3.05, 3.63) is 0 Å². The van der Waals surface area contributed by atoms with Crippen molar-refractivity contribution in [2.45, 2.75) is 39.2 Å². The molecule has 0 bridgehead atoms. The molecule has 0 aliphatic carbocycles. The maximum Gasteiger partial charge on any atom is 0.150 e. The molecule has 0 unspecified atom stereocenters. The molecule has 0 amide bonds. The van der Waals surface area contributed by atoms with Crippen LogP contribution in [0.25, 0.3) is 0 Å². The van der Waals surface area contributed by atoms with Gasteiger partial charge in [-0.05, 0) is 50.3 Å². The number of hydrogen-bond donors (Lipinski definition) is 1. The normalized spacial score (nSPS) is 14.1. The molecule has 0 spiro atoms. The summed E-state index contributed by atoms with van der Waals surface area (Å²) in [6, 6.07) is -0.104. The van der Waals surface area contributed by atoms with E-state index in [0.717, 1.165) is 30.1 Å². The summed E-state index contributed by atoms with van der Waals surface area (Å²) in [5, 5.41) is 3.07. The molecule has 2 atom stereocenters. The SMILES string of the molecule is CCSCC[C@H](CC(=O)[C@H](CCSC)NC)C(C)=O. The molecule has 0 fully saturated rings. The number of carbonyl (C=O) groups is 2. The van der Waals surface area contributed by atoms with Gasteiger partial charge < -0.3 is 5.32 Å². The van der Waals surface area contributed by atoms with Gasteiger partial charge in [0.05, 0.1) is 6.04 Å². The molecule has 0 heterocycles. The Morgan fingerprint density at radius 2 is 1.89 bits per heavy atom. The topological polar surface area (TPSA) is 46.2 Å². The third-order valence-electron chi connectivity index (χ3n) is 3.19. The van der Waals surface area contributed by atoms with Crippen molar-refractivity contribution in [1.29, 1.82) is 0 Å². The Labute approximate surface area is 126 Å². The van der Waals surface area contributed by atoms with Gasteiger partial charge >= 0.3 is 0 Å². The highest BCUT2D eigenvalue weighted by molar-refractivity contribution is 7.99. The van der Waals surface area contributed by atoms with E-state index in [2.05, 4.69) is 12.2 Å². The molecule has 0 aromatic heterocycles. The predicted octanol–water partition coefficient (Wildman–Crippen LogP) is 2.64. The van der Waals surface area contributed by atoms with Crippen LogP contribution in [0.2, 0.25) is 0 Å². The molecule has 19 heavy (non-hydrogen) atoms. The molecule has 0 saturated carbocycles. The summed E-state index contributed by atoms with van der Waals surface area (Å²) < 4.78 is 0. The number of likely N-dealkylation sites (N-methyl/N-ethyl adjacent to an activating group) is 1. The Balaban J connectivity index is 4.30. The maximum absolute atomic E-state index is 12.2. The lowest BCUT2D eigenvalue weighted by molar-refractivity contribution is -0.127. The number of carbonyl (C=O) groups excluding carboxylic acids is 2. The molecule has 0 aromatic carbocycles. The first-order valence-corrected chi connectivity index (χ1v) is 9.38. The quantitative estimate of drug-likeness (QED) is 0.562. The minimum Gasteiger partial charge on any atom is -0.311 e. The van der Waals surface area contributed by atoms with Crippen LogP contribution in [-0.4, -0.2) is 48.2 Å². The summed E-state index contributed by atoms with van der Waals surface area (Å²) in [6.07, 6.45) is 4.08. The second kappa shape index (κ2) is 11.8. The molecule has 0 radical (unpaired) electrons. The van der Waals surface area contributed by atoms with E-state index in [1.165, 1.54) is 0 Å². The van der Waals surface area contributed by atoms with Crippen LogP contribution in [0, 0.1) is 5.92 Å². The fourth-order valence-electron chi connectivity index (χ4n) is 1.91. The summed E-state index contributed by atoms with van der Waals surface area (Å²) in [5.41, 5.74) is 0. The van der Waals surface area contributed by atoms with E-state index in [-0.39, 0.29) is 23.5 Å². The Hall–Kier alpha value is -0.0000000000000000555. The lowest BCUT2D eigenvalue weighted by Crippen LogP contribution is -2.36. The molecule has 0 aliphatic rings. The molecule has 0 aliphatic heterocycles. The first kappa shape index (κ1) is 19.0. The van der Waals surface area contributed by atoms with Crippen LogP contribution in [0.3, 0.4) is 0 Å². The molecule has 0 saturated heterocycles. The van der Waals surface area contributed by atoms with Crippen molar-refractivity contribution in [2.24, 2.45) is 5.92 Å². The van der Waals surface area contributed by atoms with Crippen LogP contribution in [0.1, 0.15) is 33.1 Å². The summed E-state index contributed by atoms with van der Waals surface area (Å²) in [4.78, 5) is 23.8. The summed E-state index contributed by atoms with van der Waals surface area (Å²) in [7, 11) is 1.82. The fraction of sp³-hybridized carbons (Fsp3) is 0.857. The van der Waals surface area contributed by atoms with Crippen molar-refractivity contribution in [1.82, 2.24) is 5.32 Å². The van der Waals surface area contributed by atoms with Crippen molar-refractivity contribution in [2.75, 3.05) is 30.6 Å². The van der Waals surface area contributed by atoms with E-state index in [4.69, 9.17) is 0 Å². The van der Waals surface area contributed by atoms with Crippen LogP contribution in [0.15, 0.2) is 0 Å². The Kier molecular flexibility index (Phi) is 11.8. The third kappa shape index (κ3) is 8.71. The summed E-state index contributed by atoms with van der Waals surface area (Å²) >= 11 is 3.57. The zero-order valence-electron chi connectivity index (χ0n) is 12.5. The largest absolute Gasteiger partial charge is 0.311 e. The maximum atomic E-state index is 12.2. The standard InChI is InChI=1S/C14H27NO2S2/c1-5-19-9-6-12(11(2)16)10-14(17)13(15-3)7-8-18-4/h12-13,15H,5-10H2,1-4H3/t12-,13+/m1/s1. The van der Waals surface area contributed by atoms with Gasteiger partial charge in [0, 0.05) is 12.3 Å². The van der Waals surface area contributed by atoms with Gasteiger partial charge in [-0.25, -0.2) is 0 Å². The van der Waals surface area contributed by atoms with E-state index in [0.29, 0.717) is 6.42 Å². The van der Waals surface area contributed by atoms with Crippen LogP contribution in [0.5, 0.6) is 0 Å². The second-order valence-corrected chi connectivity index (χ2v) is 6.97. The van der Waals surface area contributed by atoms with Gasteiger partial charge in [0.25, 0.3) is 0 Å². The van der Waals surface area contributed by atoms with Crippen LogP contribution in [0.4, 0.5) is 0 Å². The smallest absolute Gasteiger partial charge is 0.150 e. The van der Waals surface area contributed by atoms with Crippen LogP contribution < -0.4 is 5.32 Å². The van der Waals surface area contributed by atoms with Gasteiger partial charge in [0.1, 0.15) is 11.6 Å². The van der Waals surface area contributed by atoms with Gasteiger partial charge in [-0.3, -0.25) is 9.59 Å². The highest BCUT2D eigenvalue weighted by Gasteiger charge is 2.23. The minimum atomic E-state index is -0.104. The van der Waals surface area contributed by atoms with E-state index in [1.807, 2.05) is 25.1 Å².